The van der Waals surface area contributed by atoms with Gasteiger partial charge in [-0.05, 0) is 27.2 Å². The second-order valence-corrected chi connectivity index (χ2v) is 8.51. The van der Waals surface area contributed by atoms with Crippen LogP contribution in [0.15, 0.2) is 53.7 Å². The number of nitrogens with one attached hydrogen (secondary N) is 1. The van der Waals surface area contributed by atoms with Crippen molar-refractivity contribution in [2.45, 2.75) is 51.7 Å². The molecular weight excluding hydrogens is 392 g/mol. The summed E-state index contributed by atoms with van der Waals surface area (Å²) in [6.07, 6.45) is 2.01. The number of nitrogens with zero attached hydrogens (tertiary/aromatic N) is 3. The first-order chi connectivity index (χ1) is 14.5. The van der Waals surface area contributed by atoms with Crippen molar-refractivity contribution >= 4 is 17.7 Å². The number of amides is 1. The van der Waals surface area contributed by atoms with Gasteiger partial charge in [0.05, 0.1) is 5.75 Å². The van der Waals surface area contributed by atoms with Crippen LogP contribution in [0.1, 0.15) is 37.8 Å². The number of carbonyl (C=O) groups excluding carboxylic acids is 1. The summed E-state index contributed by atoms with van der Waals surface area (Å²) in [5, 5.41) is 12.3. The van der Waals surface area contributed by atoms with Gasteiger partial charge >= 0.3 is 0 Å². The second-order valence-electron chi connectivity index (χ2n) is 7.57. The largest absolute Gasteiger partial charge is 0.353 e. The summed E-state index contributed by atoms with van der Waals surface area (Å²) < 4.78 is 0. The molecule has 1 atom stereocenters. The zero-order chi connectivity index (χ0) is 21.5. The van der Waals surface area contributed by atoms with Crippen molar-refractivity contribution in [2.75, 3.05) is 5.75 Å². The van der Waals surface area contributed by atoms with Gasteiger partial charge in [-0.15, -0.1) is 10.2 Å². The van der Waals surface area contributed by atoms with Crippen LogP contribution in [0.5, 0.6) is 0 Å². The molecule has 3 rings (SSSR count). The monoisotopic (exact) mass is 420 g/mol. The molecule has 1 unspecified atom stereocenters. The van der Waals surface area contributed by atoms with E-state index >= 15 is 0 Å². The van der Waals surface area contributed by atoms with E-state index in [0.29, 0.717) is 5.16 Å². The molecule has 0 bridgehead atoms. The smallest absolute Gasteiger partial charge is 0.230 e. The molecule has 5 nitrogen and oxygen atoms in total. The number of aryl methyl sites for hydroxylation is 2. The topological polar surface area (TPSA) is 67.8 Å². The third-order valence-electron chi connectivity index (χ3n) is 4.78. The van der Waals surface area contributed by atoms with E-state index in [-0.39, 0.29) is 17.7 Å². The number of hydrogen-bond donors (Lipinski definition) is 1. The molecule has 3 aromatic rings. The maximum atomic E-state index is 12.2. The molecule has 0 aliphatic heterocycles. The van der Waals surface area contributed by atoms with Crippen LogP contribution < -0.4 is 5.32 Å². The summed E-state index contributed by atoms with van der Waals surface area (Å²) in [5.41, 5.74) is 5.84. The van der Waals surface area contributed by atoms with Gasteiger partial charge < -0.3 is 5.32 Å². The Morgan fingerprint density at radius 1 is 0.933 bits per heavy atom. The normalized spacial score (nSPS) is 11.9. The van der Waals surface area contributed by atoms with Gasteiger partial charge in [-0.3, -0.25) is 4.79 Å². The van der Waals surface area contributed by atoms with Gasteiger partial charge in [0, 0.05) is 17.2 Å². The van der Waals surface area contributed by atoms with E-state index in [1.54, 1.807) is 0 Å². The Morgan fingerprint density at radius 2 is 1.50 bits per heavy atom. The highest BCUT2D eigenvalue weighted by atomic mass is 32.2. The van der Waals surface area contributed by atoms with Crippen LogP contribution in [0.2, 0.25) is 0 Å². The highest BCUT2D eigenvalue weighted by Gasteiger charge is 2.15. The Kier molecular flexibility index (Phi) is 7.57. The van der Waals surface area contributed by atoms with Crippen LogP contribution in [0.25, 0.3) is 22.5 Å². The van der Waals surface area contributed by atoms with Crippen molar-refractivity contribution in [1.82, 2.24) is 20.5 Å². The first-order valence-electron chi connectivity index (χ1n) is 10.3. The molecule has 0 fully saturated rings. The van der Waals surface area contributed by atoms with Crippen molar-refractivity contribution in [3.05, 3.63) is 59.7 Å². The van der Waals surface area contributed by atoms with Gasteiger partial charge in [-0.2, -0.15) is 0 Å². The van der Waals surface area contributed by atoms with E-state index in [1.165, 1.54) is 22.9 Å². The summed E-state index contributed by atoms with van der Waals surface area (Å²) in [5.74, 6) is 0.261. The van der Waals surface area contributed by atoms with E-state index < -0.39 is 0 Å². The number of thioether (sulfide) groups is 1. The lowest BCUT2D eigenvalue weighted by Crippen LogP contribution is -2.33. The van der Waals surface area contributed by atoms with Crippen LogP contribution in [0.3, 0.4) is 0 Å². The Morgan fingerprint density at radius 3 is 2.07 bits per heavy atom. The highest BCUT2D eigenvalue weighted by Crippen LogP contribution is 2.30. The summed E-state index contributed by atoms with van der Waals surface area (Å²) in [6, 6.07) is 16.6. The molecule has 6 heteroatoms. The van der Waals surface area contributed by atoms with Gasteiger partial charge in [-0.25, -0.2) is 4.98 Å². The van der Waals surface area contributed by atoms with E-state index in [9.17, 15) is 4.79 Å². The first-order valence-corrected chi connectivity index (χ1v) is 11.3. The lowest BCUT2D eigenvalue weighted by molar-refractivity contribution is -0.119. The Balaban J connectivity index is 1.86. The van der Waals surface area contributed by atoms with Crippen molar-refractivity contribution in [3.8, 4) is 22.5 Å². The SMILES string of the molecule is CCCC(C)NC(=O)CSc1nnc(-c2ccc(C)cc2)c(-c2ccc(C)cc2)n1. The quantitative estimate of drug-likeness (QED) is 0.506. The van der Waals surface area contributed by atoms with E-state index in [4.69, 9.17) is 4.98 Å². The van der Waals surface area contributed by atoms with Crippen LogP contribution in [-0.2, 0) is 4.79 Å². The van der Waals surface area contributed by atoms with Gasteiger partial charge in [0.2, 0.25) is 11.1 Å². The number of carbonyl (C=O) groups is 1. The Labute approximate surface area is 182 Å². The lowest BCUT2D eigenvalue weighted by atomic mass is 10.0. The molecule has 0 saturated carbocycles. The fourth-order valence-corrected chi connectivity index (χ4v) is 3.74. The number of benzene rings is 2. The van der Waals surface area contributed by atoms with Crippen LogP contribution in [-0.4, -0.2) is 32.9 Å². The van der Waals surface area contributed by atoms with Gasteiger partial charge in [0.25, 0.3) is 0 Å². The average molecular weight is 421 g/mol. The summed E-state index contributed by atoms with van der Waals surface area (Å²) in [7, 11) is 0. The molecule has 0 spiro atoms. The van der Waals surface area contributed by atoms with Crippen molar-refractivity contribution < 1.29 is 4.79 Å². The fourth-order valence-electron chi connectivity index (χ4n) is 3.14. The average Bonchev–Trinajstić information content (AvgIpc) is 2.73. The van der Waals surface area contributed by atoms with Gasteiger partial charge in [0.15, 0.2) is 0 Å². The zero-order valence-corrected chi connectivity index (χ0v) is 18.8. The molecule has 156 valence electrons. The predicted molar refractivity (Wildman–Crippen MR) is 123 cm³/mol. The third-order valence-corrected chi connectivity index (χ3v) is 5.62. The molecule has 1 N–H and O–H groups in total. The first kappa shape index (κ1) is 22.0. The molecular formula is C24H28N4OS. The number of hydrogen-bond acceptors (Lipinski definition) is 5. The Bertz CT molecular complexity index is 987. The summed E-state index contributed by atoms with van der Waals surface area (Å²) in [4.78, 5) is 17.0. The highest BCUT2D eigenvalue weighted by molar-refractivity contribution is 7.99. The fraction of sp³-hybridized carbons (Fsp3) is 0.333. The Hall–Kier alpha value is -2.73. The predicted octanol–water partition coefficient (Wildman–Crippen LogP) is 5.22. The minimum absolute atomic E-state index is 0.0101. The molecule has 1 heterocycles. The molecule has 0 saturated heterocycles. The van der Waals surface area contributed by atoms with Crippen LogP contribution in [0, 0.1) is 13.8 Å². The number of rotatable bonds is 8. The molecule has 1 aromatic heterocycles. The zero-order valence-electron chi connectivity index (χ0n) is 18.0. The van der Waals surface area contributed by atoms with E-state index in [2.05, 4.69) is 60.6 Å². The van der Waals surface area contributed by atoms with Crippen molar-refractivity contribution in [3.63, 3.8) is 0 Å². The van der Waals surface area contributed by atoms with Gasteiger partial charge in [0.1, 0.15) is 11.4 Å². The molecule has 0 radical (unpaired) electrons. The molecule has 2 aromatic carbocycles. The molecule has 0 aliphatic carbocycles. The van der Waals surface area contributed by atoms with E-state index in [0.717, 1.165) is 35.4 Å². The van der Waals surface area contributed by atoms with Crippen molar-refractivity contribution in [1.29, 1.82) is 0 Å². The minimum atomic E-state index is -0.0101. The van der Waals surface area contributed by atoms with Crippen LogP contribution in [0.4, 0.5) is 0 Å². The lowest BCUT2D eigenvalue weighted by Gasteiger charge is -2.12. The summed E-state index contributed by atoms with van der Waals surface area (Å²) >= 11 is 1.31. The third kappa shape index (κ3) is 5.89. The summed E-state index contributed by atoms with van der Waals surface area (Å²) in [6.45, 7) is 8.25. The maximum Gasteiger partial charge on any atom is 0.230 e. The van der Waals surface area contributed by atoms with Crippen molar-refractivity contribution in [2.24, 2.45) is 0 Å². The maximum absolute atomic E-state index is 12.2. The molecule has 1 amide bonds. The van der Waals surface area contributed by atoms with E-state index in [1.807, 2.05) is 31.2 Å². The second kappa shape index (κ2) is 10.3. The van der Waals surface area contributed by atoms with Crippen LogP contribution >= 0.6 is 11.8 Å². The van der Waals surface area contributed by atoms with Gasteiger partial charge in [-0.1, -0.05) is 84.8 Å². The molecule has 30 heavy (non-hydrogen) atoms. The minimum Gasteiger partial charge on any atom is -0.353 e. The number of aromatic nitrogens is 3. The molecule has 0 aliphatic rings. The standard InChI is InChI=1S/C24H28N4OS/c1-5-6-18(4)25-21(29)15-30-24-26-22(19-11-7-16(2)8-12-19)23(27-28-24)20-13-9-17(3)10-14-20/h7-14,18H,5-6,15H2,1-4H3,(H,25,29).